The first-order chi connectivity index (χ1) is 9.21. The highest BCUT2D eigenvalue weighted by atomic mass is 19.1. The highest BCUT2D eigenvalue weighted by molar-refractivity contribution is 5.81. The van der Waals surface area contributed by atoms with Crippen LogP contribution in [0.4, 0.5) is 4.39 Å². The molecule has 112 valence electrons. The van der Waals surface area contributed by atoms with Crippen LogP contribution in [-0.4, -0.2) is 24.6 Å². The molecule has 1 amide bonds. The van der Waals surface area contributed by atoms with Gasteiger partial charge in [-0.3, -0.25) is 4.79 Å². The molecule has 20 heavy (non-hydrogen) atoms. The van der Waals surface area contributed by atoms with Crippen LogP contribution in [0, 0.1) is 5.82 Å². The molecule has 0 heterocycles. The Hall–Kier alpha value is -1.62. The number of nitrogens with one attached hydrogen (secondary N) is 2. The molecule has 0 spiro atoms. The van der Waals surface area contributed by atoms with Crippen molar-refractivity contribution in [2.75, 3.05) is 7.05 Å². The standard InChI is InChI=1S/C15H23FN2O2/c1-10(14(19)18-15(2,3)4)20-13-7-11(9-17-5)6-12(16)8-13/h6-8,10,17H,9H2,1-5H3,(H,18,19). The number of benzene rings is 1. The summed E-state index contributed by atoms with van der Waals surface area (Å²) in [6.45, 7) is 7.86. The third kappa shape index (κ3) is 5.57. The van der Waals surface area contributed by atoms with Gasteiger partial charge in [0.2, 0.25) is 0 Å². The van der Waals surface area contributed by atoms with E-state index >= 15 is 0 Å². The van der Waals surface area contributed by atoms with Crippen LogP contribution in [0.1, 0.15) is 33.3 Å². The topological polar surface area (TPSA) is 50.4 Å². The SMILES string of the molecule is CNCc1cc(F)cc(OC(C)C(=O)NC(C)(C)C)c1. The number of carbonyl (C=O) groups excluding carboxylic acids is 1. The van der Waals surface area contributed by atoms with Gasteiger partial charge in [-0.1, -0.05) is 0 Å². The molecule has 4 nitrogen and oxygen atoms in total. The van der Waals surface area contributed by atoms with Gasteiger partial charge in [0.15, 0.2) is 6.10 Å². The molecule has 0 radical (unpaired) electrons. The highest BCUT2D eigenvalue weighted by Crippen LogP contribution is 2.18. The maximum atomic E-state index is 13.5. The molecule has 0 fully saturated rings. The number of hydrogen-bond donors (Lipinski definition) is 2. The Labute approximate surface area is 119 Å². The van der Waals surface area contributed by atoms with Crippen molar-refractivity contribution in [3.8, 4) is 5.75 Å². The van der Waals surface area contributed by atoms with E-state index in [-0.39, 0.29) is 17.3 Å². The lowest BCUT2D eigenvalue weighted by Crippen LogP contribution is -2.46. The summed E-state index contributed by atoms with van der Waals surface area (Å²) in [6.07, 6.45) is -0.682. The van der Waals surface area contributed by atoms with E-state index in [9.17, 15) is 9.18 Å². The van der Waals surface area contributed by atoms with Gasteiger partial charge in [-0.2, -0.15) is 0 Å². The fourth-order valence-electron chi connectivity index (χ4n) is 1.72. The minimum Gasteiger partial charge on any atom is -0.481 e. The van der Waals surface area contributed by atoms with Gasteiger partial charge in [0.25, 0.3) is 5.91 Å². The van der Waals surface area contributed by atoms with Crippen molar-refractivity contribution in [2.24, 2.45) is 0 Å². The van der Waals surface area contributed by atoms with Gasteiger partial charge in [0.1, 0.15) is 11.6 Å². The van der Waals surface area contributed by atoms with Crippen molar-refractivity contribution in [1.82, 2.24) is 10.6 Å². The first kappa shape index (κ1) is 16.4. The molecule has 1 atom stereocenters. The van der Waals surface area contributed by atoms with E-state index in [1.165, 1.54) is 12.1 Å². The van der Waals surface area contributed by atoms with Gasteiger partial charge in [-0.25, -0.2) is 4.39 Å². The Morgan fingerprint density at radius 1 is 1.35 bits per heavy atom. The fourth-order valence-corrected chi connectivity index (χ4v) is 1.72. The summed E-state index contributed by atoms with van der Waals surface area (Å²) in [5, 5.41) is 5.77. The molecule has 0 saturated heterocycles. The minimum absolute atomic E-state index is 0.225. The number of hydrogen-bond acceptors (Lipinski definition) is 3. The Morgan fingerprint density at radius 2 is 2.00 bits per heavy atom. The monoisotopic (exact) mass is 282 g/mol. The summed E-state index contributed by atoms with van der Waals surface area (Å²) in [4.78, 5) is 11.9. The quantitative estimate of drug-likeness (QED) is 0.870. The largest absolute Gasteiger partial charge is 0.481 e. The zero-order valence-corrected chi connectivity index (χ0v) is 12.7. The van der Waals surface area contributed by atoms with Crippen LogP contribution >= 0.6 is 0 Å². The lowest BCUT2D eigenvalue weighted by molar-refractivity contribution is -0.128. The average Bonchev–Trinajstić information content (AvgIpc) is 2.26. The highest BCUT2D eigenvalue weighted by Gasteiger charge is 2.20. The predicted octanol–water partition coefficient (Wildman–Crippen LogP) is 2.23. The van der Waals surface area contributed by atoms with Gasteiger partial charge < -0.3 is 15.4 Å². The summed E-state index contributed by atoms with van der Waals surface area (Å²) in [5.41, 5.74) is 0.444. The molecule has 0 aliphatic carbocycles. The lowest BCUT2D eigenvalue weighted by atomic mass is 10.1. The van der Waals surface area contributed by atoms with Crippen LogP contribution in [0.15, 0.2) is 18.2 Å². The van der Waals surface area contributed by atoms with E-state index in [1.807, 2.05) is 20.8 Å². The molecule has 5 heteroatoms. The Kier molecular flexibility index (Phi) is 5.51. The second-order valence-electron chi connectivity index (χ2n) is 5.82. The number of amides is 1. The molecule has 1 rings (SSSR count). The molecule has 1 aromatic carbocycles. The second-order valence-corrected chi connectivity index (χ2v) is 5.82. The lowest BCUT2D eigenvalue weighted by Gasteiger charge is -2.23. The molecule has 0 aliphatic heterocycles. The van der Waals surface area contributed by atoms with Crippen molar-refractivity contribution in [1.29, 1.82) is 0 Å². The second kappa shape index (κ2) is 6.70. The molecular formula is C15H23FN2O2. The summed E-state index contributed by atoms with van der Waals surface area (Å²) >= 11 is 0. The van der Waals surface area contributed by atoms with E-state index < -0.39 is 6.10 Å². The summed E-state index contributed by atoms with van der Waals surface area (Å²) in [5.74, 6) is -0.250. The molecular weight excluding hydrogens is 259 g/mol. The number of carbonyl (C=O) groups is 1. The van der Waals surface area contributed by atoms with Crippen LogP contribution in [-0.2, 0) is 11.3 Å². The summed E-state index contributed by atoms with van der Waals surface area (Å²) in [7, 11) is 1.78. The first-order valence-electron chi connectivity index (χ1n) is 6.64. The molecule has 1 unspecified atom stereocenters. The smallest absolute Gasteiger partial charge is 0.261 e. The van der Waals surface area contributed by atoms with E-state index in [0.717, 1.165) is 5.56 Å². The van der Waals surface area contributed by atoms with Crippen LogP contribution in [0.5, 0.6) is 5.75 Å². The van der Waals surface area contributed by atoms with Crippen molar-refractivity contribution in [3.05, 3.63) is 29.6 Å². The Bertz CT molecular complexity index is 469. The maximum Gasteiger partial charge on any atom is 0.261 e. The zero-order valence-electron chi connectivity index (χ0n) is 12.7. The third-order valence-electron chi connectivity index (χ3n) is 2.49. The Morgan fingerprint density at radius 3 is 2.55 bits per heavy atom. The minimum atomic E-state index is -0.682. The van der Waals surface area contributed by atoms with Crippen LogP contribution in [0.3, 0.4) is 0 Å². The van der Waals surface area contributed by atoms with Crippen LogP contribution in [0.2, 0.25) is 0 Å². The van der Waals surface area contributed by atoms with Crippen molar-refractivity contribution in [3.63, 3.8) is 0 Å². The predicted molar refractivity (Wildman–Crippen MR) is 77.1 cm³/mol. The molecule has 0 saturated carbocycles. The molecule has 1 aromatic rings. The fraction of sp³-hybridized carbons (Fsp3) is 0.533. The average molecular weight is 282 g/mol. The van der Waals surface area contributed by atoms with E-state index in [0.29, 0.717) is 12.3 Å². The molecule has 0 aliphatic rings. The van der Waals surface area contributed by atoms with E-state index in [1.54, 1.807) is 20.0 Å². The van der Waals surface area contributed by atoms with Crippen molar-refractivity contribution in [2.45, 2.75) is 45.9 Å². The van der Waals surface area contributed by atoms with Crippen molar-refractivity contribution < 1.29 is 13.9 Å². The molecule has 0 bridgehead atoms. The van der Waals surface area contributed by atoms with Crippen LogP contribution < -0.4 is 15.4 Å². The van der Waals surface area contributed by atoms with Crippen LogP contribution in [0.25, 0.3) is 0 Å². The molecule has 2 N–H and O–H groups in total. The normalized spacial score (nSPS) is 12.9. The maximum absolute atomic E-state index is 13.5. The Balaban J connectivity index is 2.74. The van der Waals surface area contributed by atoms with Gasteiger partial charge in [0, 0.05) is 18.2 Å². The number of halogens is 1. The van der Waals surface area contributed by atoms with Gasteiger partial charge in [-0.15, -0.1) is 0 Å². The number of rotatable bonds is 5. The number of ether oxygens (including phenoxy) is 1. The summed E-state index contributed by atoms with van der Waals surface area (Å²) in [6, 6.07) is 4.43. The van der Waals surface area contributed by atoms with E-state index in [2.05, 4.69) is 10.6 Å². The van der Waals surface area contributed by atoms with Crippen molar-refractivity contribution >= 4 is 5.91 Å². The van der Waals surface area contributed by atoms with Gasteiger partial charge in [0.05, 0.1) is 0 Å². The zero-order chi connectivity index (χ0) is 15.3. The third-order valence-corrected chi connectivity index (χ3v) is 2.49. The summed E-state index contributed by atoms with van der Waals surface area (Å²) < 4.78 is 19.0. The first-order valence-corrected chi connectivity index (χ1v) is 6.64. The van der Waals surface area contributed by atoms with E-state index in [4.69, 9.17) is 4.74 Å². The van der Waals surface area contributed by atoms with Gasteiger partial charge in [-0.05, 0) is 52.4 Å². The van der Waals surface area contributed by atoms with Gasteiger partial charge >= 0.3 is 0 Å². The molecule has 0 aromatic heterocycles.